The third-order valence-corrected chi connectivity index (χ3v) is 5.95. The largest absolute Gasteiger partial charge is 0.379 e. The van der Waals surface area contributed by atoms with Gasteiger partial charge in [0.1, 0.15) is 0 Å². The Hall–Kier alpha value is -1.79. The summed E-state index contributed by atoms with van der Waals surface area (Å²) < 4.78 is 5.51. The van der Waals surface area contributed by atoms with E-state index in [0.29, 0.717) is 17.9 Å². The fourth-order valence-corrected chi connectivity index (χ4v) is 4.23. The highest BCUT2D eigenvalue weighted by molar-refractivity contribution is 5.79. The third-order valence-electron chi connectivity index (χ3n) is 5.95. The molecule has 0 spiro atoms. The van der Waals surface area contributed by atoms with Crippen LogP contribution in [0.1, 0.15) is 20.3 Å². The van der Waals surface area contributed by atoms with Gasteiger partial charge in [0.25, 0.3) is 0 Å². The average Bonchev–Trinajstić information content (AvgIpc) is 3.21. The number of aliphatic imine (C=N–C) groups is 1. The lowest BCUT2D eigenvalue weighted by Crippen LogP contribution is -2.52. The third kappa shape index (κ3) is 5.85. The SMILES string of the molecule is CN=C(NCC1CCN(c2ccccc2)C1)NCC(C(C)C)N1CCOCC1. The molecule has 2 saturated heterocycles. The molecule has 0 aliphatic carbocycles. The Balaban J connectivity index is 1.43. The fraction of sp³-hybridized carbons (Fsp3) is 0.682. The topological polar surface area (TPSA) is 52.1 Å². The van der Waals surface area contributed by atoms with Crippen LogP contribution in [0.25, 0.3) is 0 Å². The number of rotatable bonds is 7. The number of nitrogens with zero attached hydrogens (tertiary/aromatic N) is 3. The van der Waals surface area contributed by atoms with E-state index < -0.39 is 0 Å². The first-order chi connectivity index (χ1) is 13.7. The van der Waals surface area contributed by atoms with Gasteiger partial charge in [0, 0.05) is 58.0 Å². The van der Waals surface area contributed by atoms with Crippen molar-refractivity contribution in [2.75, 3.05) is 64.4 Å². The molecule has 1 aromatic rings. The number of ether oxygens (including phenoxy) is 1. The molecule has 3 rings (SSSR count). The summed E-state index contributed by atoms with van der Waals surface area (Å²) in [5.74, 6) is 2.16. The average molecular weight is 388 g/mol. The van der Waals surface area contributed by atoms with E-state index in [0.717, 1.165) is 58.4 Å². The number of nitrogens with one attached hydrogen (secondary N) is 2. The van der Waals surface area contributed by atoms with Crippen molar-refractivity contribution in [3.8, 4) is 0 Å². The second kappa shape index (κ2) is 10.7. The van der Waals surface area contributed by atoms with Gasteiger partial charge in [0.05, 0.1) is 13.2 Å². The van der Waals surface area contributed by atoms with Crippen LogP contribution >= 0.6 is 0 Å². The summed E-state index contributed by atoms with van der Waals surface area (Å²) in [6, 6.07) is 11.2. The molecule has 0 radical (unpaired) electrons. The smallest absolute Gasteiger partial charge is 0.191 e. The Kier molecular flexibility index (Phi) is 7.98. The highest BCUT2D eigenvalue weighted by Crippen LogP contribution is 2.22. The van der Waals surface area contributed by atoms with Crippen molar-refractivity contribution in [1.82, 2.24) is 15.5 Å². The first-order valence-electron chi connectivity index (χ1n) is 10.7. The van der Waals surface area contributed by atoms with Crippen molar-refractivity contribution >= 4 is 11.6 Å². The molecule has 2 heterocycles. The van der Waals surface area contributed by atoms with E-state index in [1.54, 1.807) is 0 Å². The monoisotopic (exact) mass is 387 g/mol. The van der Waals surface area contributed by atoms with Gasteiger partial charge in [-0.05, 0) is 30.4 Å². The maximum absolute atomic E-state index is 5.51. The first-order valence-corrected chi connectivity index (χ1v) is 10.7. The lowest BCUT2D eigenvalue weighted by molar-refractivity contribution is 0.00752. The van der Waals surface area contributed by atoms with Gasteiger partial charge in [-0.1, -0.05) is 32.0 Å². The van der Waals surface area contributed by atoms with Crippen LogP contribution in [0.4, 0.5) is 5.69 Å². The number of morpholine rings is 1. The van der Waals surface area contributed by atoms with Crippen LogP contribution in [0.5, 0.6) is 0 Å². The molecule has 6 nitrogen and oxygen atoms in total. The number of hydrogen-bond acceptors (Lipinski definition) is 4. The number of guanidine groups is 1. The zero-order chi connectivity index (χ0) is 19.8. The molecule has 2 aliphatic rings. The fourth-order valence-electron chi connectivity index (χ4n) is 4.23. The predicted molar refractivity (Wildman–Crippen MR) is 117 cm³/mol. The van der Waals surface area contributed by atoms with Crippen molar-refractivity contribution in [2.45, 2.75) is 26.3 Å². The van der Waals surface area contributed by atoms with Gasteiger partial charge in [-0.25, -0.2) is 0 Å². The minimum absolute atomic E-state index is 0.502. The van der Waals surface area contributed by atoms with Gasteiger partial charge in [-0.2, -0.15) is 0 Å². The molecule has 0 saturated carbocycles. The lowest BCUT2D eigenvalue weighted by atomic mass is 10.0. The molecule has 1 aromatic carbocycles. The maximum Gasteiger partial charge on any atom is 0.191 e. The normalized spacial score (nSPS) is 22.5. The number of para-hydroxylation sites is 1. The Bertz CT molecular complexity index is 600. The predicted octanol–water partition coefficient (Wildman–Crippen LogP) is 2.03. The minimum atomic E-state index is 0.502. The summed E-state index contributed by atoms with van der Waals surface area (Å²) in [7, 11) is 1.86. The van der Waals surface area contributed by atoms with Crippen molar-refractivity contribution in [1.29, 1.82) is 0 Å². The lowest BCUT2D eigenvalue weighted by Gasteiger charge is -2.37. The number of anilines is 1. The molecule has 156 valence electrons. The summed E-state index contributed by atoms with van der Waals surface area (Å²) in [5.41, 5.74) is 1.33. The van der Waals surface area contributed by atoms with Gasteiger partial charge in [-0.3, -0.25) is 9.89 Å². The van der Waals surface area contributed by atoms with Crippen LogP contribution < -0.4 is 15.5 Å². The molecule has 2 aliphatic heterocycles. The van der Waals surface area contributed by atoms with E-state index in [9.17, 15) is 0 Å². The van der Waals surface area contributed by atoms with Crippen LogP contribution in [0.2, 0.25) is 0 Å². The van der Waals surface area contributed by atoms with E-state index in [-0.39, 0.29) is 0 Å². The Morgan fingerprint density at radius 3 is 2.57 bits per heavy atom. The Morgan fingerprint density at radius 1 is 1.14 bits per heavy atom. The Morgan fingerprint density at radius 2 is 1.89 bits per heavy atom. The number of benzene rings is 1. The van der Waals surface area contributed by atoms with Gasteiger partial charge >= 0.3 is 0 Å². The molecule has 2 fully saturated rings. The zero-order valence-electron chi connectivity index (χ0n) is 17.7. The number of hydrogen-bond donors (Lipinski definition) is 2. The summed E-state index contributed by atoms with van der Waals surface area (Å²) in [6.45, 7) is 12.5. The summed E-state index contributed by atoms with van der Waals surface area (Å²) in [5, 5.41) is 7.11. The standard InChI is InChI=1S/C22H37N5O/c1-18(2)21(26-11-13-28-14-12-26)16-25-22(23-3)24-15-19-9-10-27(17-19)20-7-5-4-6-8-20/h4-8,18-19,21H,9-17H2,1-3H3,(H2,23,24,25). The van der Waals surface area contributed by atoms with Gasteiger partial charge in [0.2, 0.25) is 0 Å². The van der Waals surface area contributed by atoms with Crippen molar-refractivity contribution in [3.63, 3.8) is 0 Å². The molecule has 0 bridgehead atoms. The molecule has 2 N–H and O–H groups in total. The van der Waals surface area contributed by atoms with E-state index in [4.69, 9.17) is 4.74 Å². The van der Waals surface area contributed by atoms with Gasteiger partial charge in [-0.15, -0.1) is 0 Å². The second-order valence-corrected chi connectivity index (χ2v) is 8.23. The van der Waals surface area contributed by atoms with Gasteiger partial charge in [0.15, 0.2) is 5.96 Å². The van der Waals surface area contributed by atoms with E-state index >= 15 is 0 Å². The summed E-state index contributed by atoms with van der Waals surface area (Å²) in [4.78, 5) is 9.47. The van der Waals surface area contributed by atoms with Crippen LogP contribution in [0.3, 0.4) is 0 Å². The summed E-state index contributed by atoms with van der Waals surface area (Å²) >= 11 is 0. The van der Waals surface area contributed by atoms with Crippen LogP contribution in [-0.4, -0.2) is 76.4 Å². The van der Waals surface area contributed by atoms with Crippen LogP contribution in [0.15, 0.2) is 35.3 Å². The van der Waals surface area contributed by atoms with E-state index in [1.807, 2.05) is 7.05 Å². The quantitative estimate of drug-likeness (QED) is 0.554. The van der Waals surface area contributed by atoms with E-state index in [2.05, 4.69) is 69.6 Å². The minimum Gasteiger partial charge on any atom is -0.379 e. The highest BCUT2D eigenvalue weighted by Gasteiger charge is 2.25. The van der Waals surface area contributed by atoms with Crippen molar-refractivity contribution in [3.05, 3.63) is 30.3 Å². The molecule has 6 heteroatoms. The first kappa shape index (κ1) is 20.9. The van der Waals surface area contributed by atoms with Crippen molar-refractivity contribution < 1.29 is 4.74 Å². The molecular formula is C22H37N5O. The van der Waals surface area contributed by atoms with Crippen LogP contribution in [0, 0.1) is 11.8 Å². The summed E-state index contributed by atoms with van der Waals surface area (Å²) in [6.07, 6.45) is 1.22. The van der Waals surface area contributed by atoms with Gasteiger partial charge < -0.3 is 20.3 Å². The highest BCUT2D eigenvalue weighted by atomic mass is 16.5. The van der Waals surface area contributed by atoms with Crippen LogP contribution in [-0.2, 0) is 4.74 Å². The molecule has 2 atom stereocenters. The molecule has 2 unspecified atom stereocenters. The zero-order valence-corrected chi connectivity index (χ0v) is 17.7. The maximum atomic E-state index is 5.51. The molecule has 0 amide bonds. The molecule has 28 heavy (non-hydrogen) atoms. The van der Waals surface area contributed by atoms with E-state index in [1.165, 1.54) is 12.1 Å². The second-order valence-electron chi connectivity index (χ2n) is 8.23. The van der Waals surface area contributed by atoms with Crippen molar-refractivity contribution in [2.24, 2.45) is 16.8 Å². The Labute approximate surface area is 170 Å². The molecule has 0 aromatic heterocycles. The molecular weight excluding hydrogens is 350 g/mol.